The minimum absolute atomic E-state index is 0.0565. The highest BCUT2D eigenvalue weighted by atomic mass is 32.2. The smallest absolute Gasteiger partial charge is 0.315 e. The van der Waals surface area contributed by atoms with Crippen molar-refractivity contribution in [1.82, 2.24) is 15.6 Å². The van der Waals surface area contributed by atoms with Gasteiger partial charge in [-0.25, -0.2) is 18.2 Å². The van der Waals surface area contributed by atoms with Crippen molar-refractivity contribution < 1.29 is 18.0 Å². The fraction of sp³-hybridized carbons (Fsp3) is 0.667. The number of amides is 3. The molecule has 3 N–H and O–H groups in total. The number of nitrogens with zero attached hydrogens (tertiary/aromatic N) is 1. The zero-order valence-electron chi connectivity index (χ0n) is 14.5. The summed E-state index contributed by atoms with van der Waals surface area (Å²) in [5.74, 6) is -0.396. The molecule has 2 rings (SSSR count). The lowest BCUT2D eigenvalue weighted by Gasteiger charge is -2.24. The number of urea groups is 1. The maximum atomic E-state index is 12.5. The molecule has 0 radical (unpaired) electrons. The molecule has 0 bridgehead atoms. The summed E-state index contributed by atoms with van der Waals surface area (Å²) in [6.07, 6.45) is 1.10. The summed E-state index contributed by atoms with van der Waals surface area (Å²) < 4.78 is 22.9. The molecule has 25 heavy (non-hydrogen) atoms. The third kappa shape index (κ3) is 5.67. The van der Waals surface area contributed by atoms with Crippen molar-refractivity contribution >= 4 is 38.2 Å². The van der Waals surface area contributed by atoms with Crippen LogP contribution in [0.5, 0.6) is 0 Å². The van der Waals surface area contributed by atoms with Crippen LogP contribution in [0.3, 0.4) is 0 Å². The number of hydrogen-bond donors (Lipinski definition) is 3. The molecule has 1 aromatic rings. The predicted octanol–water partition coefficient (Wildman–Crippen LogP) is 1.29. The van der Waals surface area contributed by atoms with E-state index in [0.717, 1.165) is 5.69 Å². The van der Waals surface area contributed by atoms with Crippen LogP contribution in [0.2, 0.25) is 0 Å². The fourth-order valence-electron chi connectivity index (χ4n) is 2.57. The van der Waals surface area contributed by atoms with E-state index in [1.807, 2.05) is 26.2 Å². The van der Waals surface area contributed by atoms with Gasteiger partial charge >= 0.3 is 6.03 Å². The van der Waals surface area contributed by atoms with Crippen LogP contribution in [0.25, 0.3) is 0 Å². The largest absolute Gasteiger partial charge is 0.334 e. The van der Waals surface area contributed by atoms with Crippen LogP contribution in [0.4, 0.5) is 9.93 Å². The number of carbonyl (C=O) groups is 2. The fourth-order valence-corrected chi connectivity index (χ4v) is 4.94. The van der Waals surface area contributed by atoms with Crippen molar-refractivity contribution in [2.45, 2.75) is 45.7 Å². The highest BCUT2D eigenvalue weighted by molar-refractivity contribution is 7.91. The Labute approximate surface area is 151 Å². The second-order valence-electron chi connectivity index (χ2n) is 6.36. The molecule has 1 aliphatic heterocycles. The van der Waals surface area contributed by atoms with Crippen molar-refractivity contribution in [3.05, 3.63) is 11.1 Å². The van der Waals surface area contributed by atoms with Gasteiger partial charge < -0.3 is 16.0 Å². The maximum Gasteiger partial charge on any atom is 0.315 e. The van der Waals surface area contributed by atoms with Crippen LogP contribution >= 0.6 is 11.3 Å². The summed E-state index contributed by atoms with van der Waals surface area (Å²) >= 11 is 1.32. The van der Waals surface area contributed by atoms with Crippen LogP contribution in [0, 0.1) is 12.8 Å². The Morgan fingerprint density at radius 2 is 2.16 bits per heavy atom. The maximum absolute atomic E-state index is 12.5. The zero-order valence-corrected chi connectivity index (χ0v) is 16.2. The van der Waals surface area contributed by atoms with E-state index in [4.69, 9.17) is 0 Å². The molecule has 3 amide bonds. The van der Waals surface area contributed by atoms with Crippen LogP contribution < -0.4 is 16.0 Å². The molecule has 1 unspecified atom stereocenters. The quantitative estimate of drug-likeness (QED) is 0.679. The van der Waals surface area contributed by atoms with E-state index in [0.29, 0.717) is 18.0 Å². The minimum atomic E-state index is -3.07. The molecular formula is C15H24N4O4S2. The topological polar surface area (TPSA) is 117 Å². The molecule has 2 heterocycles. The van der Waals surface area contributed by atoms with E-state index in [9.17, 15) is 18.0 Å². The van der Waals surface area contributed by atoms with E-state index < -0.39 is 28.0 Å². The number of sulfone groups is 1. The number of anilines is 1. The monoisotopic (exact) mass is 388 g/mol. The van der Waals surface area contributed by atoms with Gasteiger partial charge in [0.25, 0.3) is 0 Å². The van der Waals surface area contributed by atoms with Crippen molar-refractivity contribution in [3.8, 4) is 0 Å². The first kappa shape index (κ1) is 19.6. The van der Waals surface area contributed by atoms with Crippen molar-refractivity contribution in [2.24, 2.45) is 5.92 Å². The SMILES string of the molecule is CC[C@@H](C)[C@H](NC(=O)NC1CCS(=O)(=O)C1)C(=O)Nc1nc(C)cs1. The normalized spacial score (nSPS) is 21.3. The predicted molar refractivity (Wildman–Crippen MR) is 97.4 cm³/mol. The highest BCUT2D eigenvalue weighted by Gasteiger charge is 2.31. The molecule has 1 saturated heterocycles. The molecule has 1 aromatic heterocycles. The summed E-state index contributed by atoms with van der Waals surface area (Å²) in [4.78, 5) is 28.9. The number of carbonyl (C=O) groups excluding carboxylic acids is 2. The Hall–Kier alpha value is -1.68. The molecule has 0 spiro atoms. The lowest BCUT2D eigenvalue weighted by atomic mass is 9.98. The average molecular weight is 389 g/mol. The Morgan fingerprint density at radius 1 is 1.44 bits per heavy atom. The average Bonchev–Trinajstić information content (AvgIpc) is 3.08. The van der Waals surface area contributed by atoms with Crippen molar-refractivity contribution in [2.75, 3.05) is 16.8 Å². The standard InChI is InChI=1S/C15H24N4O4S2/c1-4-9(2)12(13(20)19-15-16-10(3)7-24-15)18-14(21)17-11-5-6-25(22,23)8-11/h7,9,11-12H,4-6,8H2,1-3H3,(H,16,19,20)(H2,17,18,21)/t9-,11?,12+/m1/s1. The van der Waals surface area contributed by atoms with E-state index in [1.165, 1.54) is 11.3 Å². The van der Waals surface area contributed by atoms with E-state index >= 15 is 0 Å². The van der Waals surface area contributed by atoms with Crippen LogP contribution in [0.1, 0.15) is 32.4 Å². The Balaban J connectivity index is 1.97. The molecule has 1 aliphatic rings. The Morgan fingerprint density at radius 3 is 2.68 bits per heavy atom. The van der Waals surface area contributed by atoms with Gasteiger partial charge in [-0.05, 0) is 19.3 Å². The molecule has 1 fully saturated rings. The number of nitrogens with one attached hydrogen (secondary N) is 3. The van der Waals surface area contributed by atoms with Gasteiger partial charge in [0.15, 0.2) is 15.0 Å². The molecule has 3 atom stereocenters. The second-order valence-corrected chi connectivity index (χ2v) is 9.45. The molecule has 10 heteroatoms. The number of thiazole rings is 1. The Bertz CT molecular complexity index is 732. The van der Waals surface area contributed by atoms with Gasteiger partial charge in [0.1, 0.15) is 6.04 Å². The first-order chi connectivity index (χ1) is 11.7. The highest BCUT2D eigenvalue weighted by Crippen LogP contribution is 2.17. The van der Waals surface area contributed by atoms with Crippen molar-refractivity contribution in [3.63, 3.8) is 0 Å². The van der Waals surface area contributed by atoms with Gasteiger partial charge in [0, 0.05) is 11.4 Å². The number of aryl methyl sites for hydroxylation is 1. The van der Waals surface area contributed by atoms with Gasteiger partial charge in [-0.1, -0.05) is 20.3 Å². The summed E-state index contributed by atoms with van der Waals surface area (Å²) in [5.41, 5.74) is 0.813. The molecule has 8 nitrogen and oxygen atoms in total. The number of hydrogen-bond acceptors (Lipinski definition) is 6. The van der Waals surface area contributed by atoms with Gasteiger partial charge in [0.05, 0.1) is 17.2 Å². The zero-order chi connectivity index (χ0) is 18.6. The first-order valence-electron chi connectivity index (χ1n) is 8.20. The van der Waals surface area contributed by atoms with Gasteiger partial charge in [-0.2, -0.15) is 0 Å². The summed E-state index contributed by atoms with van der Waals surface area (Å²) in [6.45, 7) is 5.64. The van der Waals surface area contributed by atoms with E-state index in [1.54, 1.807) is 0 Å². The second kappa shape index (κ2) is 8.13. The molecule has 0 aliphatic carbocycles. The third-order valence-electron chi connectivity index (χ3n) is 4.20. The van der Waals surface area contributed by atoms with Crippen LogP contribution in [-0.4, -0.2) is 48.9 Å². The molecule has 140 valence electrons. The Kier molecular flexibility index (Phi) is 6.39. The van der Waals surface area contributed by atoms with E-state index in [-0.39, 0.29) is 23.3 Å². The van der Waals surface area contributed by atoms with E-state index in [2.05, 4.69) is 20.9 Å². The molecule has 0 aromatic carbocycles. The summed E-state index contributed by atoms with van der Waals surface area (Å²) in [7, 11) is -3.07. The van der Waals surface area contributed by atoms with Crippen LogP contribution in [0.15, 0.2) is 5.38 Å². The number of rotatable bonds is 6. The van der Waals surface area contributed by atoms with Gasteiger partial charge in [-0.3, -0.25) is 4.79 Å². The summed E-state index contributed by atoms with van der Waals surface area (Å²) in [6, 6.07) is -1.67. The van der Waals surface area contributed by atoms with Crippen LogP contribution in [-0.2, 0) is 14.6 Å². The summed E-state index contributed by atoms with van der Waals surface area (Å²) in [5, 5.41) is 10.3. The first-order valence-corrected chi connectivity index (χ1v) is 10.9. The lowest BCUT2D eigenvalue weighted by molar-refractivity contribution is -0.119. The lowest BCUT2D eigenvalue weighted by Crippen LogP contribution is -2.53. The van der Waals surface area contributed by atoms with Gasteiger partial charge in [0.2, 0.25) is 5.91 Å². The number of aromatic nitrogens is 1. The minimum Gasteiger partial charge on any atom is -0.334 e. The van der Waals surface area contributed by atoms with Gasteiger partial charge in [-0.15, -0.1) is 11.3 Å². The van der Waals surface area contributed by atoms with Crippen molar-refractivity contribution in [1.29, 1.82) is 0 Å². The molecular weight excluding hydrogens is 364 g/mol. The molecule has 0 saturated carbocycles. The third-order valence-corrected chi connectivity index (χ3v) is 6.84.